The predicted octanol–water partition coefficient (Wildman–Crippen LogP) is 2.64. The number of aryl methyl sites for hydroxylation is 1. The molecule has 2 aliphatic heterocycles. The number of carbonyl (C=O) groups excluding carboxylic acids is 2. The molecule has 31 heavy (non-hydrogen) atoms. The summed E-state index contributed by atoms with van der Waals surface area (Å²) < 4.78 is 11.1. The second-order valence-electron chi connectivity index (χ2n) is 6.91. The normalized spacial score (nSPS) is 19.6. The number of ether oxygens (including phenoxy) is 2. The summed E-state index contributed by atoms with van der Waals surface area (Å²) in [5.41, 5.74) is 0.914. The number of aliphatic hydroxyl groups excluding tert-OH is 1. The van der Waals surface area contributed by atoms with Crippen LogP contribution in [0.25, 0.3) is 5.76 Å². The van der Waals surface area contributed by atoms with Crippen LogP contribution in [-0.2, 0) is 9.59 Å². The Balaban J connectivity index is 1.68. The molecule has 0 aliphatic carbocycles. The highest BCUT2D eigenvalue weighted by Crippen LogP contribution is 2.43. The average Bonchev–Trinajstić information content (AvgIpc) is 3.34. The fourth-order valence-corrected chi connectivity index (χ4v) is 4.33. The molecule has 4 heterocycles. The van der Waals surface area contributed by atoms with Gasteiger partial charge in [-0.2, -0.15) is 0 Å². The summed E-state index contributed by atoms with van der Waals surface area (Å²) in [7, 11) is 0. The molecule has 10 heteroatoms. The summed E-state index contributed by atoms with van der Waals surface area (Å²) >= 11 is 1.19. The number of amides is 1. The van der Waals surface area contributed by atoms with Crippen molar-refractivity contribution in [2.24, 2.45) is 0 Å². The Morgan fingerprint density at radius 1 is 1.10 bits per heavy atom. The molecule has 9 nitrogen and oxygen atoms in total. The summed E-state index contributed by atoms with van der Waals surface area (Å²) in [6, 6.07) is 7.38. The van der Waals surface area contributed by atoms with Gasteiger partial charge in [0, 0.05) is 18.0 Å². The van der Waals surface area contributed by atoms with E-state index in [1.807, 2.05) is 0 Å². The highest BCUT2D eigenvalue weighted by Gasteiger charge is 2.48. The van der Waals surface area contributed by atoms with E-state index in [1.54, 1.807) is 49.6 Å². The maximum absolute atomic E-state index is 13.1. The first-order valence-electron chi connectivity index (χ1n) is 9.45. The van der Waals surface area contributed by atoms with Crippen molar-refractivity contribution in [3.8, 4) is 11.5 Å². The maximum Gasteiger partial charge on any atom is 0.301 e. The van der Waals surface area contributed by atoms with Gasteiger partial charge in [0.15, 0.2) is 11.5 Å². The van der Waals surface area contributed by atoms with E-state index in [1.165, 1.54) is 16.2 Å². The van der Waals surface area contributed by atoms with E-state index in [-0.39, 0.29) is 16.5 Å². The van der Waals surface area contributed by atoms with E-state index in [0.717, 1.165) is 0 Å². The largest absolute Gasteiger partial charge is 0.507 e. The second-order valence-corrected chi connectivity index (χ2v) is 8.07. The molecule has 1 N–H and O–H groups in total. The first-order valence-corrected chi connectivity index (χ1v) is 10.3. The van der Waals surface area contributed by atoms with Gasteiger partial charge in [-0.3, -0.25) is 19.5 Å². The molecule has 1 atom stereocenters. The first-order chi connectivity index (χ1) is 15.0. The van der Waals surface area contributed by atoms with Gasteiger partial charge in [-0.15, -0.1) is 10.2 Å². The van der Waals surface area contributed by atoms with Crippen LogP contribution >= 0.6 is 11.3 Å². The average molecular weight is 436 g/mol. The van der Waals surface area contributed by atoms with Crippen LogP contribution in [0, 0.1) is 6.92 Å². The zero-order chi connectivity index (χ0) is 21.5. The van der Waals surface area contributed by atoms with E-state index >= 15 is 0 Å². The smallest absolute Gasteiger partial charge is 0.301 e. The molecule has 5 rings (SSSR count). The van der Waals surface area contributed by atoms with Gasteiger partial charge in [0.05, 0.1) is 11.6 Å². The number of anilines is 1. The van der Waals surface area contributed by atoms with Gasteiger partial charge in [0.25, 0.3) is 5.78 Å². The number of benzene rings is 1. The van der Waals surface area contributed by atoms with Gasteiger partial charge in [-0.25, -0.2) is 0 Å². The lowest BCUT2D eigenvalue weighted by molar-refractivity contribution is -0.132. The Kier molecular flexibility index (Phi) is 4.63. The van der Waals surface area contributed by atoms with E-state index in [4.69, 9.17) is 9.47 Å². The number of ketones is 1. The minimum atomic E-state index is -0.872. The van der Waals surface area contributed by atoms with Crippen molar-refractivity contribution < 1.29 is 24.2 Å². The predicted molar refractivity (Wildman–Crippen MR) is 111 cm³/mol. The number of hydrogen-bond acceptors (Lipinski definition) is 9. The van der Waals surface area contributed by atoms with Gasteiger partial charge in [-0.05, 0) is 42.8 Å². The summed E-state index contributed by atoms with van der Waals surface area (Å²) in [6.07, 6.45) is 3.12. The monoisotopic (exact) mass is 436 g/mol. The molecule has 3 aromatic rings. The Bertz CT molecular complexity index is 1220. The molecule has 1 unspecified atom stereocenters. The van der Waals surface area contributed by atoms with Gasteiger partial charge in [-0.1, -0.05) is 11.3 Å². The minimum Gasteiger partial charge on any atom is -0.507 e. The van der Waals surface area contributed by atoms with Crippen LogP contribution in [0.4, 0.5) is 5.13 Å². The number of pyridine rings is 1. The Morgan fingerprint density at radius 3 is 2.55 bits per heavy atom. The number of aliphatic hydroxyl groups is 1. The fourth-order valence-electron chi connectivity index (χ4n) is 3.62. The Labute approximate surface area is 180 Å². The molecule has 2 aromatic heterocycles. The Hall–Kier alpha value is -3.79. The summed E-state index contributed by atoms with van der Waals surface area (Å²) in [5.74, 6) is -0.872. The van der Waals surface area contributed by atoms with Crippen molar-refractivity contribution in [1.29, 1.82) is 0 Å². The molecule has 0 spiro atoms. The van der Waals surface area contributed by atoms with Gasteiger partial charge in [0.2, 0.25) is 5.13 Å². The van der Waals surface area contributed by atoms with E-state index in [9.17, 15) is 14.7 Å². The number of aromatic nitrogens is 3. The molecule has 156 valence electrons. The molecule has 2 aliphatic rings. The third-order valence-corrected chi connectivity index (χ3v) is 5.84. The fraction of sp³-hybridized carbons (Fsp3) is 0.190. The molecule has 0 bridgehead atoms. The number of fused-ring (bicyclic) bond motifs is 1. The highest BCUT2D eigenvalue weighted by molar-refractivity contribution is 7.15. The number of hydrogen-bond donors (Lipinski definition) is 1. The lowest BCUT2D eigenvalue weighted by Gasteiger charge is -2.22. The summed E-state index contributed by atoms with van der Waals surface area (Å²) in [6.45, 7) is 2.58. The highest BCUT2D eigenvalue weighted by atomic mass is 32.1. The maximum atomic E-state index is 13.1. The van der Waals surface area contributed by atoms with Crippen LogP contribution in [0.15, 0.2) is 48.3 Å². The van der Waals surface area contributed by atoms with Crippen molar-refractivity contribution in [3.05, 3.63) is 64.4 Å². The number of carbonyl (C=O) groups is 2. The lowest BCUT2D eigenvalue weighted by Crippen LogP contribution is -2.29. The van der Waals surface area contributed by atoms with E-state index < -0.39 is 17.7 Å². The first kappa shape index (κ1) is 19.2. The van der Waals surface area contributed by atoms with Crippen LogP contribution in [-0.4, -0.2) is 45.2 Å². The molecule has 1 fully saturated rings. The lowest BCUT2D eigenvalue weighted by atomic mass is 9.96. The van der Waals surface area contributed by atoms with Gasteiger partial charge < -0.3 is 14.6 Å². The third-order valence-electron chi connectivity index (χ3n) is 5.00. The van der Waals surface area contributed by atoms with Crippen molar-refractivity contribution in [3.63, 3.8) is 0 Å². The zero-order valence-electron chi connectivity index (χ0n) is 16.3. The zero-order valence-corrected chi connectivity index (χ0v) is 17.1. The van der Waals surface area contributed by atoms with Crippen LogP contribution < -0.4 is 14.4 Å². The van der Waals surface area contributed by atoms with Crippen LogP contribution in [0.5, 0.6) is 11.5 Å². The van der Waals surface area contributed by atoms with Crippen LogP contribution in [0.1, 0.15) is 22.2 Å². The summed E-state index contributed by atoms with van der Waals surface area (Å²) in [5, 5.41) is 20.1. The molecule has 0 radical (unpaired) electrons. The molecule has 1 amide bonds. The quantitative estimate of drug-likeness (QED) is 0.379. The van der Waals surface area contributed by atoms with Crippen molar-refractivity contribution >= 4 is 33.9 Å². The van der Waals surface area contributed by atoms with Crippen molar-refractivity contribution in [1.82, 2.24) is 15.2 Å². The van der Waals surface area contributed by atoms with Crippen LogP contribution in [0.2, 0.25) is 0 Å². The van der Waals surface area contributed by atoms with Crippen LogP contribution in [0.3, 0.4) is 0 Å². The third kappa shape index (κ3) is 3.21. The van der Waals surface area contributed by atoms with E-state index in [2.05, 4.69) is 15.2 Å². The second kappa shape index (κ2) is 7.47. The topological polar surface area (TPSA) is 115 Å². The van der Waals surface area contributed by atoms with E-state index in [0.29, 0.717) is 40.8 Å². The summed E-state index contributed by atoms with van der Waals surface area (Å²) in [4.78, 5) is 31.3. The molecule has 1 saturated heterocycles. The number of Topliss-reactive ketones (excluding diaryl/α,β-unsaturated/α-hetero) is 1. The minimum absolute atomic E-state index is 0.0410. The van der Waals surface area contributed by atoms with Gasteiger partial charge >= 0.3 is 5.91 Å². The van der Waals surface area contributed by atoms with Gasteiger partial charge in [0.1, 0.15) is 24.0 Å². The molecular weight excluding hydrogens is 420 g/mol. The SMILES string of the molecule is Cc1nnc(N2C(=O)C(=O)/C(=C(/O)c3ccc4c(c3)OCCO4)C2c2ccncc2)s1. The van der Waals surface area contributed by atoms with Crippen molar-refractivity contribution in [2.75, 3.05) is 18.1 Å². The standard InChI is InChI=1S/C21H16N4O5S/c1-11-23-24-21(31-11)25-17(12-4-6-22-7-5-12)16(19(27)20(25)28)18(26)13-2-3-14-15(10-13)30-9-8-29-14/h2-7,10,17,26H,8-9H2,1H3/b18-16+. The molecule has 0 saturated carbocycles. The molecular formula is C21H16N4O5S. The molecule has 1 aromatic carbocycles. The Morgan fingerprint density at radius 2 is 1.84 bits per heavy atom. The van der Waals surface area contributed by atoms with Crippen molar-refractivity contribution in [2.45, 2.75) is 13.0 Å². The number of rotatable bonds is 3. The number of nitrogens with zero attached hydrogens (tertiary/aromatic N) is 4.